The van der Waals surface area contributed by atoms with Crippen molar-refractivity contribution in [3.8, 4) is 0 Å². The van der Waals surface area contributed by atoms with Gasteiger partial charge < -0.3 is 0 Å². The van der Waals surface area contributed by atoms with Gasteiger partial charge in [-0.1, -0.05) is 31.6 Å². The van der Waals surface area contributed by atoms with Gasteiger partial charge in [0.15, 0.2) is 5.78 Å². The van der Waals surface area contributed by atoms with Crippen molar-refractivity contribution in [1.82, 2.24) is 0 Å². The van der Waals surface area contributed by atoms with Gasteiger partial charge in [0, 0.05) is 0 Å². The minimum atomic E-state index is 0.140. The number of hydrogen-bond donors (Lipinski definition) is 0. The van der Waals surface area contributed by atoms with Crippen LogP contribution in [-0.4, -0.2) is 5.78 Å². The first-order valence-electron chi connectivity index (χ1n) is 5.36. The number of hydrogen-bond acceptors (Lipinski definition) is 1. The fraction of sp³-hybridized carbons (Fsp3) is 0.615. The molecule has 1 rings (SSSR count). The molecule has 14 heavy (non-hydrogen) atoms. The van der Waals surface area contributed by atoms with Crippen LogP contribution in [0.15, 0.2) is 23.8 Å². The molecule has 1 aliphatic rings. The Bertz CT molecular complexity index is 273. The van der Waals surface area contributed by atoms with Crippen LogP contribution < -0.4 is 0 Å². The van der Waals surface area contributed by atoms with Crippen molar-refractivity contribution in [1.29, 1.82) is 0 Å². The molecule has 3 atom stereocenters. The van der Waals surface area contributed by atoms with E-state index in [4.69, 9.17) is 0 Å². The van der Waals surface area contributed by atoms with E-state index >= 15 is 0 Å². The van der Waals surface area contributed by atoms with Crippen LogP contribution in [0, 0.1) is 17.8 Å². The third-order valence-electron chi connectivity index (χ3n) is 3.18. The van der Waals surface area contributed by atoms with Crippen LogP contribution in [0.1, 0.15) is 34.1 Å². The molecule has 0 aromatic carbocycles. The first-order chi connectivity index (χ1) is 6.50. The zero-order valence-corrected chi connectivity index (χ0v) is 9.58. The van der Waals surface area contributed by atoms with Crippen LogP contribution in [0.2, 0.25) is 0 Å². The fourth-order valence-corrected chi connectivity index (χ4v) is 2.10. The second-order valence-corrected chi connectivity index (χ2v) is 4.60. The van der Waals surface area contributed by atoms with E-state index in [1.807, 2.05) is 6.08 Å². The van der Waals surface area contributed by atoms with Crippen molar-refractivity contribution in [3.63, 3.8) is 0 Å². The quantitative estimate of drug-likeness (QED) is 0.484. The molecule has 1 nitrogen and oxygen atoms in total. The first-order valence-corrected chi connectivity index (χ1v) is 5.36. The van der Waals surface area contributed by atoms with Gasteiger partial charge in [-0.3, -0.25) is 4.79 Å². The lowest BCUT2D eigenvalue weighted by molar-refractivity contribution is -0.112. The van der Waals surface area contributed by atoms with Gasteiger partial charge in [0.05, 0.1) is 0 Å². The van der Waals surface area contributed by atoms with Crippen LogP contribution in [0.3, 0.4) is 0 Å². The SMILES string of the molecule is CC(=O)C=CC1C=C(C)CC(C)C1C. The van der Waals surface area contributed by atoms with Gasteiger partial charge in [0.2, 0.25) is 0 Å². The molecular formula is C13H20O. The standard InChI is InChI=1S/C13H20O/c1-9-7-10(2)12(4)13(8-9)6-5-11(3)14/h5-6,8,10,12-13H,7H2,1-4H3. The summed E-state index contributed by atoms with van der Waals surface area (Å²) in [6.45, 7) is 8.33. The molecule has 0 saturated heterocycles. The molecular weight excluding hydrogens is 172 g/mol. The largest absolute Gasteiger partial charge is 0.295 e. The molecule has 78 valence electrons. The summed E-state index contributed by atoms with van der Waals surface area (Å²) in [4.78, 5) is 10.8. The van der Waals surface area contributed by atoms with Crippen molar-refractivity contribution in [3.05, 3.63) is 23.8 Å². The van der Waals surface area contributed by atoms with E-state index in [2.05, 4.69) is 26.8 Å². The maximum absolute atomic E-state index is 10.8. The summed E-state index contributed by atoms with van der Waals surface area (Å²) < 4.78 is 0. The number of carbonyl (C=O) groups excluding carboxylic acids is 1. The Labute approximate surface area is 86.9 Å². The second kappa shape index (κ2) is 4.59. The molecule has 0 aromatic heterocycles. The molecule has 0 amide bonds. The maximum atomic E-state index is 10.8. The Hall–Kier alpha value is -0.850. The predicted octanol–water partition coefficient (Wildman–Crippen LogP) is 3.37. The van der Waals surface area contributed by atoms with E-state index in [1.165, 1.54) is 12.0 Å². The smallest absolute Gasteiger partial charge is 0.152 e. The summed E-state index contributed by atoms with van der Waals surface area (Å²) in [7, 11) is 0. The summed E-state index contributed by atoms with van der Waals surface area (Å²) in [6, 6.07) is 0. The minimum Gasteiger partial charge on any atom is -0.295 e. The molecule has 1 heteroatoms. The number of rotatable bonds is 2. The molecule has 0 fully saturated rings. The van der Waals surface area contributed by atoms with Gasteiger partial charge in [-0.2, -0.15) is 0 Å². The summed E-state index contributed by atoms with van der Waals surface area (Å²) in [5.74, 6) is 1.96. The molecule has 0 spiro atoms. The van der Waals surface area contributed by atoms with Gasteiger partial charge >= 0.3 is 0 Å². The average molecular weight is 192 g/mol. The summed E-state index contributed by atoms with van der Waals surface area (Å²) in [5.41, 5.74) is 1.45. The van der Waals surface area contributed by atoms with E-state index in [0.29, 0.717) is 11.8 Å². The minimum absolute atomic E-state index is 0.140. The van der Waals surface area contributed by atoms with Gasteiger partial charge in [0.25, 0.3) is 0 Å². The Morgan fingerprint density at radius 1 is 1.50 bits per heavy atom. The van der Waals surface area contributed by atoms with Gasteiger partial charge in [-0.05, 0) is 44.1 Å². The zero-order chi connectivity index (χ0) is 10.7. The van der Waals surface area contributed by atoms with Crippen molar-refractivity contribution in [2.75, 3.05) is 0 Å². The molecule has 0 radical (unpaired) electrons. The van der Waals surface area contributed by atoms with E-state index < -0.39 is 0 Å². The van der Waals surface area contributed by atoms with Gasteiger partial charge in [-0.25, -0.2) is 0 Å². The molecule has 0 N–H and O–H groups in total. The van der Waals surface area contributed by atoms with E-state index in [-0.39, 0.29) is 5.78 Å². The molecule has 1 aliphatic carbocycles. The summed E-state index contributed by atoms with van der Waals surface area (Å²) >= 11 is 0. The first kappa shape index (κ1) is 11.2. The second-order valence-electron chi connectivity index (χ2n) is 4.60. The van der Waals surface area contributed by atoms with Crippen LogP contribution in [0.4, 0.5) is 0 Å². The van der Waals surface area contributed by atoms with Crippen molar-refractivity contribution < 1.29 is 4.79 Å². The van der Waals surface area contributed by atoms with E-state index in [9.17, 15) is 4.79 Å². The molecule has 0 bridgehead atoms. The summed E-state index contributed by atoms with van der Waals surface area (Å²) in [6.07, 6.45) is 7.24. The molecule has 0 aromatic rings. The molecule has 0 saturated carbocycles. The van der Waals surface area contributed by atoms with E-state index in [1.54, 1.807) is 13.0 Å². The monoisotopic (exact) mass is 192 g/mol. The number of allylic oxidation sites excluding steroid dienone is 4. The molecule has 0 aliphatic heterocycles. The summed E-state index contributed by atoms with van der Waals surface area (Å²) in [5, 5.41) is 0. The molecule has 0 heterocycles. The molecule has 3 unspecified atom stereocenters. The van der Waals surface area contributed by atoms with Crippen LogP contribution in [0.5, 0.6) is 0 Å². The van der Waals surface area contributed by atoms with Crippen molar-refractivity contribution in [2.24, 2.45) is 17.8 Å². The highest BCUT2D eigenvalue weighted by Gasteiger charge is 2.23. The third kappa shape index (κ3) is 2.83. The fourth-order valence-electron chi connectivity index (χ4n) is 2.10. The lowest BCUT2D eigenvalue weighted by Crippen LogP contribution is -2.21. The Morgan fingerprint density at radius 3 is 2.71 bits per heavy atom. The highest BCUT2D eigenvalue weighted by molar-refractivity contribution is 5.87. The number of carbonyl (C=O) groups is 1. The lowest BCUT2D eigenvalue weighted by Gasteiger charge is -2.30. The van der Waals surface area contributed by atoms with Crippen molar-refractivity contribution >= 4 is 5.78 Å². The van der Waals surface area contributed by atoms with Crippen LogP contribution in [0.25, 0.3) is 0 Å². The zero-order valence-electron chi connectivity index (χ0n) is 9.58. The van der Waals surface area contributed by atoms with Crippen LogP contribution >= 0.6 is 0 Å². The topological polar surface area (TPSA) is 17.1 Å². The van der Waals surface area contributed by atoms with Gasteiger partial charge in [0.1, 0.15) is 0 Å². The highest BCUT2D eigenvalue weighted by Crippen LogP contribution is 2.33. The Kier molecular flexibility index (Phi) is 3.68. The van der Waals surface area contributed by atoms with Crippen LogP contribution in [-0.2, 0) is 4.79 Å². The predicted molar refractivity (Wildman–Crippen MR) is 60.0 cm³/mol. The number of ketones is 1. The maximum Gasteiger partial charge on any atom is 0.152 e. The van der Waals surface area contributed by atoms with Crippen molar-refractivity contribution in [2.45, 2.75) is 34.1 Å². The average Bonchev–Trinajstić information content (AvgIpc) is 2.08. The highest BCUT2D eigenvalue weighted by atomic mass is 16.1. The normalized spacial score (nSPS) is 33.1. The van der Waals surface area contributed by atoms with Gasteiger partial charge in [-0.15, -0.1) is 0 Å². The lowest BCUT2D eigenvalue weighted by atomic mass is 9.75. The third-order valence-corrected chi connectivity index (χ3v) is 3.18. The Balaban J connectivity index is 2.76. The Morgan fingerprint density at radius 2 is 2.14 bits per heavy atom. The van der Waals surface area contributed by atoms with E-state index in [0.717, 1.165) is 5.92 Å².